The van der Waals surface area contributed by atoms with Gasteiger partial charge >= 0.3 is 0 Å². The van der Waals surface area contributed by atoms with Gasteiger partial charge < -0.3 is 10.1 Å². The Hall–Kier alpha value is -1.39. The topological polar surface area (TPSA) is 75.7 Å². The molecule has 2 aromatic carbocycles. The quantitative estimate of drug-likeness (QED) is 0.633. The van der Waals surface area contributed by atoms with Crippen LogP contribution < -0.4 is 5.32 Å². The van der Waals surface area contributed by atoms with Gasteiger partial charge in [-0.3, -0.25) is 4.79 Å². The predicted octanol–water partition coefficient (Wildman–Crippen LogP) is 3.59. The third-order valence-electron chi connectivity index (χ3n) is 4.21. The largest absolute Gasteiger partial charge is 0.379 e. The van der Waals surface area contributed by atoms with Gasteiger partial charge in [0.25, 0.3) is 0 Å². The number of amides is 1. The molecule has 28 heavy (non-hydrogen) atoms. The van der Waals surface area contributed by atoms with E-state index in [0.29, 0.717) is 32.0 Å². The Morgan fingerprint density at radius 2 is 1.86 bits per heavy atom. The molecule has 0 radical (unpaired) electrons. The van der Waals surface area contributed by atoms with Gasteiger partial charge in [0.1, 0.15) is 0 Å². The van der Waals surface area contributed by atoms with Crippen molar-refractivity contribution >= 4 is 49.3 Å². The first kappa shape index (κ1) is 21.3. The molecule has 1 fully saturated rings. The van der Waals surface area contributed by atoms with Gasteiger partial charge in [-0.2, -0.15) is 4.31 Å². The van der Waals surface area contributed by atoms with E-state index in [-0.39, 0.29) is 16.1 Å². The minimum absolute atomic E-state index is 0.167. The lowest BCUT2D eigenvalue weighted by molar-refractivity contribution is -0.115. The molecule has 0 spiro atoms. The summed E-state index contributed by atoms with van der Waals surface area (Å²) in [6, 6.07) is 14.1. The van der Waals surface area contributed by atoms with Crippen molar-refractivity contribution in [3.8, 4) is 0 Å². The summed E-state index contributed by atoms with van der Waals surface area (Å²) in [5.41, 5.74) is 0.461. The third-order valence-corrected chi connectivity index (χ3v) is 7.74. The molecular weight excluding hydrogens is 464 g/mol. The van der Waals surface area contributed by atoms with Gasteiger partial charge in [0.15, 0.2) is 0 Å². The summed E-state index contributed by atoms with van der Waals surface area (Å²) in [6.07, 6.45) is 0. The minimum atomic E-state index is -3.60. The highest BCUT2D eigenvalue weighted by Crippen LogP contribution is 2.26. The second-order valence-electron chi connectivity index (χ2n) is 6.25. The number of anilines is 1. The predicted molar refractivity (Wildman–Crippen MR) is 114 cm³/mol. The average Bonchev–Trinajstić information content (AvgIpc) is 2.70. The number of hydrogen-bond acceptors (Lipinski definition) is 5. The highest BCUT2D eigenvalue weighted by Gasteiger charge is 2.26. The average molecular weight is 485 g/mol. The summed E-state index contributed by atoms with van der Waals surface area (Å²) in [5, 5.41) is 2.48. The van der Waals surface area contributed by atoms with E-state index >= 15 is 0 Å². The maximum atomic E-state index is 12.8. The van der Waals surface area contributed by atoms with Crippen molar-refractivity contribution in [3.05, 3.63) is 53.0 Å². The number of sulfonamides is 1. The van der Waals surface area contributed by atoms with Crippen LogP contribution >= 0.6 is 27.7 Å². The number of halogens is 1. The summed E-state index contributed by atoms with van der Waals surface area (Å²) in [7, 11) is -3.60. The number of thioether (sulfide) groups is 1. The fourth-order valence-electron chi connectivity index (χ4n) is 2.69. The van der Waals surface area contributed by atoms with Crippen LogP contribution in [-0.2, 0) is 19.6 Å². The molecule has 2 aromatic rings. The van der Waals surface area contributed by atoms with Gasteiger partial charge in [0, 0.05) is 28.1 Å². The minimum Gasteiger partial charge on any atom is -0.379 e. The van der Waals surface area contributed by atoms with E-state index < -0.39 is 10.0 Å². The van der Waals surface area contributed by atoms with Gasteiger partial charge in [-0.05, 0) is 49.4 Å². The fourth-order valence-corrected chi connectivity index (χ4v) is 5.27. The van der Waals surface area contributed by atoms with Crippen molar-refractivity contribution < 1.29 is 17.9 Å². The Morgan fingerprint density at radius 1 is 1.18 bits per heavy atom. The molecule has 1 amide bonds. The molecular formula is C19H21BrN2O4S2. The first-order valence-electron chi connectivity index (χ1n) is 8.77. The molecule has 1 aliphatic heterocycles. The van der Waals surface area contributed by atoms with E-state index in [2.05, 4.69) is 21.2 Å². The molecule has 6 nitrogen and oxygen atoms in total. The summed E-state index contributed by atoms with van der Waals surface area (Å²) >= 11 is 4.83. The maximum Gasteiger partial charge on any atom is 0.243 e. The molecule has 150 valence electrons. The standard InChI is InChI=1S/C19H21BrN2O4S2/c1-14(27-17-7-5-15(20)6-8-17)19(23)21-16-3-2-4-18(13-16)28(24,25)22-9-11-26-12-10-22/h2-8,13-14H,9-12H2,1H3,(H,21,23)/t14-/m0/s1. The second-order valence-corrected chi connectivity index (χ2v) is 10.5. The van der Waals surface area contributed by atoms with Gasteiger partial charge in [0.05, 0.1) is 23.4 Å². The number of ether oxygens (including phenoxy) is 1. The van der Waals surface area contributed by atoms with Crippen LogP contribution in [0.25, 0.3) is 0 Å². The van der Waals surface area contributed by atoms with Crippen molar-refractivity contribution in [3.63, 3.8) is 0 Å². The molecule has 1 aliphatic rings. The summed E-state index contributed by atoms with van der Waals surface area (Å²) in [5.74, 6) is -0.186. The van der Waals surface area contributed by atoms with Crippen LogP contribution in [-0.4, -0.2) is 50.2 Å². The smallest absolute Gasteiger partial charge is 0.243 e. The molecule has 0 aromatic heterocycles. The third kappa shape index (κ3) is 5.36. The van der Waals surface area contributed by atoms with Crippen molar-refractivity contribution in [1.29, 1.82) is 0 Å². The zero-order valence-corrected chi connectivity index (χ0v) is 18.5. The lowest BCUT2D eigenvalue weighted by Crippen LogP contribution is -2.40. The first-order valence-corrected chi connectivity index (χ1v) is 11.9. The van der Waals surface area contributed by atoms with E-state index in [4.69, 9.17) is 4.74 Å². The van der Waals surface area contributed by atoms with E-state index in [9.17, 15) is 13.2 Å². The van der Waals surface area contributed by atoms with Crippen molar-refractivity contribution in [2.45, 2.75) is 22.0 Å². The number of nitrogens with zero attached hydrogens (tertiary/aromatic N) is 1. The number of rotatable bonds is 6. The van der Waals surface area contributed by atoms with Crippen LogP contribution in [0.5, 0.6) is 0 Å². The molecule has 0 unspecified atom stereocenters. The summed E-state index contributed by atoms with van der Waals surface area (Å²) in [6.45, 7) is 3.26. The molecule has 9 heteroatoms. The Balaban J connectivity index is 1.68. The second kappa shape index (κ2) is 9.41. The van der Waals surface area contributed by atoms with E-state index in [1.54, 1.807) is 18.2 Å². The number of carbonyl (C=O) groups excluding carboxylic acids is 1. The van der Waals surface area contributed by atoms with Gasteiger partial charge in [0.2, 0.25) is 15.9 Å². The van der Waals surface area contributed by atoms with Crippen LogP contribution in [0.1, 0.15) is 6.92 Å². The van der Waals surface area contributed by atoms with Gasteiger partial charge in [-0.25, -0.2) is 8.42 Å². The van der Waals surface area contributed by atoms with Crippen LogP contribution in [0.4, 0.5) is 5.69 Å². The zero-order chi connectivity index (χ0) is 20.1. The molecule has 1 atom stereocenters. The highest BCUT2D eigenvalue weighted by molar-refractivity contribution is 9.10. The van der Waals surface area contributed by atoms with Crippen molar-refractivity contribution in [1.82, 2.24) is 4.31 Å². The SMILES string of the molecule is C[C@H](Sc1ccc(Br)cc1)C(=O)Nc1cccc(S(=O)(=O)N2CCOCC2)c1. The fraction of sp³-hybridized carbons (Fsp3) is 0.316. The molecule has 3 rings (SSSR count). The molecule has 1 heterocycles. The molecule has 0 aliphatic carbocycles. The van der Waals surface area contributed by atoms with Gasteiger partial charge in [-0.15, -0.1) is 11.8 Å². The van der Waals surface area contributed by atoms with Gasteiger partial charge in [-0.1, -0.05) is 22.0 Å². The number of carbonyl (C=O) groups is 1. The van der Waals surface area contributed by atoms with Crippen LogP contribution in [0, 0.1) is 0 Å². The lowest BCUT2D eigenvalue weighted by Gasteiger charge is -2.26. The molecule has 0 bridgehead atoms. The molecule has 1 N–H and O–H groups in total. The zero-order valence-electron chi connectivity index (χ0n) is 15.3. The van der Waals surface area contributed by atoms with E-state index in [1.807, 2.05) is 31.2 Å². The Morgan fingerprint density at radius 3 is 2.54 bits per heavy atom. The molecule has 1 saturated heterocycles. The van der Waals surface area contributed by atoms with Crippen LogP contribution in [0.15, 0.2) is 62.8 Å². The number of nitrogens with one attached hydrogen (secondary N) is 1. The Bertz CT molecular complexity index is 929. The van der Waals surface area contributed by atoms with Crippen LogP contribution in [0.3, 0.4) is 0 Å². The number of hydrogen-bond donors (Lipinski definition) is 1. The highest BCUT2D eigenvalue weighted by atomic mass is 79.9. The number of benzene rings is 2. The normalized spacial score (nSPS) is 16.5. The Labute approximate surface area is 177 Å². The van der Waals surface area contributed by atoms with E-state index in [0.717, 1.165) is 9.37 Å². The number of morpholine rings is 1. The van der Waals surface area contributed by atoms with Crippen molar-refractivity contribution in [2.75, 3.05) is 31.6 Å². The molecule has 0 saturated carbocycles. The summed E-state index contributed by atoms with van der Waals surface area (Å²) in [4.78, 5) is 13.7. The monoisotopic (exact) mass is 484 g/mol. The Kier molecular flexibility index (Phi) is 7.16. The summed E-state index contributed by atoms with van der Waals surface area (Å²) < 4.78 is 33.2. The lowest BCUT2D eigenvalue weighted by atomic mass is 10.3. The maximum absolute atomic E-state index is 12.8. The van der Waals surface area contributed by atoms with Crippen LogP contribution in [0.2, 0.25) is 0 Å². The van der Waals surface area contributed by atoms with Crippen molar-refractivity contribution in [2.24, 2.45) is 0 Å². The first-order chi connectivity index (χ1) is 13.4. The van der Waals surface area contributed by atoms with E-state index in [1.165, 1.54) is 22.1 Å².